The van der Waals surface area contributed by atoms with Crippen molar-refractivity contribution in [3.8, 4) is 0 Å². The molecule has 3 N–H and O–H groups in total. The van der Waals surface area contributed by atoms with Gasteiger partial charge in [0.15, 0.2) is 0 Å². The van der Waals surface area contributed by atoms with Crippen molar-refractivity contribution in [2.24, 2.45) is 5.92 Å². The molecule has 1 aliphatic carbocycles. The molecule has 2 rings (SSSR count). The van der Waals surface area contributed by atoms with Crippen LogP contribution in [0.25, 0.3) is 0 Å². The van der Waals surface area contributed by atoms with E-state index < -0.39 is 0 Å². The van der Waals surface area contributed by atoms with Crippen LogP contribution in [-0.2, 0) is 0 Å². The van der Waals surface area contributed by atoms with E-state index in [1.165, 1.54) is 19.3 Å². The summed E-state index contributed by atoms with van der Waals surface area (Å²) in [6.45, 7) is 5.46. The van der Waals surface area contributed by atoms with Gasteiger partial charge in [0, 0.05) is 25.2 Å². The Morgan fingerprint density at radius 2 is 1.95 bits per heavy atom. The normalized spacial score (nSPS) is 30.9. The number of aliphatic hydroxyl groups excluding tert-OH is 1. The highest BCUT2D eigenvalue weighted by atomic mass is 16.3. The van der Waals surface area contributed by atoms with Gasteiger partial charge in [-0.2, -0.15) is 0 Å². The number of nitrogens with one attached hydrogen (secondary N) is 2. The number of nitrogens with zero attached hydrogens (tertiary/aromatic N) is 1. The summed E-state index contributed by atoms with van der Waals surface area (Å²) < 4.78 is 0. The molecule has 1 unspecified atom stereocenters. The molecule has 1 saturated carbocycles. The molecule has 0 bridgehead atoms. The predicted molar refractivity (Wildman–Crippen MR) is 84.3 cm³/mol. The monoisotopic (exact) mass is 297 g/mol. The number of likely N-dealkylation sites (N-methyl/N-ethyl adjacent to an activating group) is 1. The lowest BCUT2D eigenvalue weighted by atomic mass is 9.87. The van der Waals surface area contributed by atoms with Crippen molar-refractivity contribution in [2.75, 3.05) is 26.2 Å². The number of carbonyl (C=O) groups excluding carboxylic acids is 1. The molecule has 1 aliphatic heterocycles. The van der Waals surface area contributed by atoms with Crippen LogP contribution in [0, 0.1) is 5.92 Å². The standard InChI is InChI=1S/C16H31N3O2/c1-2-19-10-4-3-5-15(19)11-17-16(21)18-14-8-6-13(12-20)7-9-14/h13-15,20H,2-12H2,1H3,(H2,17,18,21). The van der Waals surface area contributed by atoms with Gasteiger partial charge in [0.05, 0.1) is 0 Å². The van der Waals surface area contributed by atoms with E-state index in [1.54, 1.807) is 0 Å². The first-order valence-electron chi connectivity index (χ1n) is 8.62. The molecule has 0 spiro atoms. The quantitative estimate of drug-likeness (QED) is 0.724. The van der Waals surface area contributed by atoms with Gasteiger partial charge in [-0.3, -0.25) is 4.90 Å². The molecule has 5 nitrogen and oxygen atoms in total. The van der Waals surface area contributed by atoms with Gasteiger partial charge in [0.2, 0.25) is 0 Å². The summed E-state index contributed by atoms with van der Waals surface area (Å²) in [4.78, 5) is 14.5. The fourth-order valence-electron chi connectivity index (χ4n) is 3.64. The van der Waals surface area contributed by atoms with Gasteiger partial charge >= 0.3 is 6.03 Å². The van der Waals surface area contributed by atoms with Crippen molar-refractivity contribution in [2.45, 2.75) is 64.0 Å². The van der Waals surface area contributed by atoms with E-state index in [1.807, 2.05) is 0 Å². The fourth-order valence-corrected chi connectivity index (χ4v) is 3.64. The van der Waals surface area contributed by atoms with Gasteiger partial charge in [-0.05, 0) is 57.5 Å². The molecule has 122 valence electrons. The third-order valence-electron chi connectivity index (χ3n) is 5.09. The fraction of sp³-hybridized carbons (Fsp3) is 0.938. The number of hydrogen-bond acceptors (Lipinski definition) is 3. The van der Waals surface area contributed by atoms with E-state index in [9.17, 15) is 4.79 Å². The second-order valence-corrected chi connectivity index (χ2v) is 6.53. The van der Waals surface area contributed by atoms with Gasteiger partial charge in [-0.1, -0.05) is 13.3 Å². The lowest BCUT2D eigenvalue weighted by Crippen LogP contribution is -2.50. The first kappa shape index (κ1) is 16.6. The smallest absolute Gasteiger partial charge is 0.315 e. The highest BCUT2D eigenvalue weighted by molar-refractivity contribution is 5.74. The van der Waals surface area contributed by atoms with E-state index >= 15 is 0 Å². The minimum Gasteiger partial charge on any atom is -0.396 e. The molecule has 5 heteroatoms. The predicted octanol–water partition coefficient (Wildman–Crippen LogP) is 1.71. The molecule has 1 saturated heterocycles. The number of hydrogen-bond donors (Lipinski definition) is 3. The number of piperidine rings is 1. The molecule has 21 heavy (non-hydrogen) atoms. The third-order valence-corrected chi connectivity index (χ3v) is 5.09. The van der Waals surface area contributed by atoms with Crippen molar-refractivity contribution in [1.82, 2.24) is 15.5 Å². The van der Waals surface area contributed by atoms with Crippen molar-refractivity contribution < 1.29 is 9.90 Å². The van der Waals surface area contributed by atoms with Gasteiger partial charge < -0.3 is 15.7 Å². The van der Waals surface area contributed by atoms with E-state index in [0.717, 1.165) is 45.3 Å². The van der Waals surface area contributed by atoms with E-state index in [4.69, 9.17) is 5.11 Å². The first-order chi connectivity index (χ1) is 10.2. The highest BCUT2D eigenvalue weighted by Crippen LogP contribution is 2.23. The van der Waals surface area contributed by atoms with Crippen LogP contribution in [0.5, 0.6) is 0 Å². The number of carbonyl (C=O) groups is 1. The highest BCUT2D eigenvalue weighted by Gasteiger charge is 2.23. The molecule has 2 fully saturated rings. The van der Waals surface area contributed by atoms with Crippen LogP contribution in [0.2, 0.25) is 0 Å². The molecule has 2 aliphatic rings. The number of rotatable bonds is 5. The maximum Gasteiger partial charge on any atom is 0.315 e. The van der Waals surface area contributed by atoms with Crippen LogP contribution in [0.15, 0.2) is 0 Å². The molecule has 0 aromatic heterocycles. The number of amides is 2. The van der Waals surface area contributed by atoms with Crippen molar-refractivity contribution in [3.05, 3.63) is 0 Å². The molecule has 0 radical (unpaired) electrons. The molecule has 2 amide bonds. The second-order valence-electron chi connectivity index (χ2n) is 6.53. The molecular weight excluding hydrogens is 266 g/mol. The van der Waals surface area contributed by atoms with Gasteiger partial charge in [-0.15, -0.1) is 0 Å². The molecule has 0 aromatic carbocycles. The van der Waals surface area contributed by atoms with E-state index in [0.29, 0.717) is 12.0 Å². The second kappa shape index (κ2) is 8.59. The van der Waals surface area contributed by atoms with Crippen molar-refractivity contribution in [3.63, 3.8) is 0 Å². The largest absolute Gasteiger partial charge is 0.396 e. The zero-order valence-corrected chi connectivity index (χ0v) is 13.3. The Labute approximate surface area is 128 Å². The first-order valence-corrected chi connectivity index (χ1v) is 8.62. The average molecular weight is 297 g/mol. The van der Waals surface area contributed by atoms with Gasteiger partial charge in [-0.25, -0.2) is 4.79 Å². The van der Waals surface area contributed by atoms with Gasteiger partial charge in [0.25, 0.3) is 0 Å². The zero-order chi connectivity index (χ0) is 15.1. The van der Waals surface area contributed by atoms with Crippen LogP contribution < -0.4 is 10.6 Å². The van der Waals surface area contributed by atoms with Crippen LogP contribution in [0.1, 0.15) is 51.9 Å². The summed E-state index contributed by atoms with van der Waals surface area (Å²) in [6, 6.07) is 0.755. The summed E-state index contributed by atoms with van der Waals surface area (Å²) in [6.07, 6.45) is 7.77. The molecule has 1 atom stereocenters. The zero-order valence-electron chi connectivity index (χ0n) is 13.3. The van der Waals surface area contributed by atoms with Crippen molar-refractivity contribution in [1.29, 1.82) is 0 Å². The van der Waals surface area contributed by atoms with Gasteiger partial charge in [0.1, 0.15) is 0 Å². The van der Waals surface area contributed by atoms with E-state index in [-0.39, 0.29) is 18.7 Å². The molecule has 0 aromatic rings. The average Bonchev–Trinajstić information content (AvgIpc) is 2.54. The minimum atomic E-state index is -0.0240. The molecular formula is C16H31N3O2. The summed E-state index contributed by atoms with van der Waals surface area (Å²) >= 11 is 0. The Kier molecular flexibility index (Phi) is 6.77. The number of aliphatic hydroxyl groups is 1. The Hall–Kier alpha value is -0.810. The minimum absolute atomic E-state index is 0.0240. The lowest BCUT2D eigenvalue weighted by molar-refractivity contribution is 0.151. The summed E-state index contributed by atoms with van der Waals surface area (Å²) in [7, 11) is 0. The van der Waals surface area contributed by atoms with Crippen molar-refractivity contribution >= 4 is 6.03 Å². The Morgan fingerprint density at radius 3 is 2.62 bits per heavy atom. The number of urea groups is 1. The van der Waals surface area contributed by atoms with Crippen LogP contribution in [0.3, 0.4) is 0 Å². The maximum atomic E-state index is 12.0. The molecule has 1 heterocycles. The summed E-state index contributed by atoms with van der Waals surface area (Å²) in [5.74, 6) is 0.437. The van der Waals surface area contributed by atoms with Crippen LogP contribution >= 0.6 is 0 Å². The third kappa shape index (κ3) is 5.15. The van der Waals surface area contributed by atoms with Crippen LogP contribution in [0.4, 0.5) is 4.79 Å². The Bertz CT molecular complexity index is 317. The topological polar surface area (TPSA) is 64.6 Å². The maximum absolute atomic E-state index is 12.0. The lowest BCUT2D eigenvalue weighted by Gasteiger charge is -2.35. The Morgan fingerprint density at radius 1 is 1.19 bits per heavy atom. The number of likely N-dealkylation sites (tertiary alicyclic amines) is 1. The van der Waals surface area contributed by atoms with Crippen LogP contribution in [-0.4, -0.2) is 54.4 Å². The Balaban J connectivity index is 1.65. The van der Waals surface area contributed by atoms with E-state index in [2.05, 4.69) is 22.5 Å². The summed E-state index contributed by atoms with van der Waals surface area (Å²) in [5.41, 5.74) is 0. The summed E-state index contributed by atoms with van der Waals surface area (Å²) in [5, 5.41) is 15.3. The SMILES string of the molecule is CCN1CCCCC1CNC(=O)NC1CCC(CO)CC1.